The van der Waals surface area contributed by atoms with Gasteiger partial charge < -0.3 is 10.2 Å². The van der Waals surface area contributed by atoms with Crippen molar-refractivity contribution in [3.8, 4) is 0 Å². The van der Waals surface area contributed by atoms with Crippen LogP contribution in [0, 0.1) is 11.8 Å². The number of rotatable bonds is 4. The van der Waals surface area contributed by atoms with E-state index in [-0.39, 0.29) is 17.7 Å². The van der Waals surface area contributed by atoms with Crippen molar-refractivity contribution in [2.75, 3.05) is 31.1 Å². The van der Waals surface area contributed by atoms with Crippen molar-refractivity contribution in [1.29, 1.82) is 0 Å². The van der Waals surface area contributed by atoms with Gasteiger partial charge in [0.1, 0.15) is 5.82 Å². The summed E-state index contributed by atoms with van der Waals surface area (Å²) in [6.45, 7) is 4.45. The number of anilines is 1. The molecule has 5 rings (SSSR count). The molecule has 3 aliphatic rings. The third kappa shape index (κ3) is 4.18. The number of aryl methyl sites for hydroxylation is 1. The lowest BCUT2D eigenvalue weighted by Gasteiger charge is -2.35. The van der Waals surface area contributed by atoms with Gasteiger partial charge >= 0.3 is 0 Å². The summed E-state index contributed by atoms with van der Waals surface area (Å²) in [4.78, 5) is 31.0. The molecule has 0 spiro atoms. The Kier molecular flexibility index (Phi) is 5.65. The van der Waals surface area contributed by atoms with Gasteiger partial charge in [-0.25, -0.2) is 4.98 Å². The highest BCUT2D eigenvalue weighted by Crippen LogP contribution is 2.33. The van der Waals surface area contributed by atoms with E-state index < -0.39 is 0 Å². The molecule has 0 bridgehead atoms. The van der Waals surface area contributed by atoms with Gasteiger partial charge in [0.05, 0.1) is 17.1 Å². The van der Waals surface area contributed by atoms with E-state index in [1.807, 2.05) is 17.9 Å². The monoisotopic (exact) mass is 424 g/mol. The maximum atomic E-state index is 12.3. The average Bonchev–Trinajstić information content (AvgIpc) is 3.11. The number of pyridine rings is 1. The number of carbonyl (C=O) groups excluding carboxylic acids is 2. The van der Waals surface area contributed by atoms with Crippen LogP contribution in [-0.4, -0.2) is 52.8 Å². The predicted octanol–water partition coefficient (Wildman–Crippen LogP) is 2.09. The molecule has 166 valence electrons. The third-order valence-corrected chi connectivity index (χ3v) is 7.38. The molecule has 0 aromatic carbocycles. The summed E-state index contributed by atoms with van der Waals surface area (Å²) < 4.78 is 1.84. The predicted molar refractivity (Wildman–Crippen MR) is 119 cm³/mol. The Bertz CT molecular complexity index is 972. The molecule has 3 saturated heterocycles. The van der Waals surface area contributed by atoms with E-state index in [4.69, 9.17) is 4.98 Å². The van der Waals surface area contributed by atoms with Gasteiger partial charge in [0, 0.05) is 44.2 Å². The molecule has 5 heterocycles. The number of nitrogens with zero attached hydrogens (tertiary/aromatic N) is 4. The summed E-state index contributed by atoms with van der Waals surface area (Å²) in [7, 11) is 1.91. The van der Waals surface area contributed by atoms with Gasteiger partial charge in [-0.05, 0) is 63.5 Å². The maximum Gasteiger partial charge on any atom is 0.235 e. The minimum absolute atomic E-state index is 0.203. The smallest absolute Gasteiger partial charge is 0.235 e. The molecule has 0 aliphatic carbocycles. The second kappa shape index (κ2) is 8.57. The van der Waals surface area contributed by atoms with E-state index >= 15 is 0 Å². The number of amides is 2. The summed E-state index contributed by atoms with van der Waals surface area (Å²) in [5.74, 6) is 1.87. The van der Waals surface area contributed by atoms with Crippen molar-refractivity contribution < 1.29 is 9.59 Å². The molecule has 1 atom stereocenters. The van der Waals surface area contributed by atoms with Crippen LogP contribution in [-0.2, 0) is 16.6 Å². The minimum atomic E-state index is -0.389. The van der Waals surface area contributed by atoms with Crippen molar-refractivity contribution in [3.63, 3.8) is 0 Å². The Hall–Kier alpha value is -2.48. The Morgan fingerprint density at radius 2 is 1.81 bits per heavy atom. The van der Waals surface area contributed by atoms with Crippen LogP contribution in [0.15, 0.2) is 12.3 Å². The molecule has 2 aromatic heterocycles. The van der Waals surface area contributed by atoms with E-state index in [1.54, 1.807) is 0 Å². The molecule has 2 amide bonds. The molecule has 3 aliphatic heterocycles. The van der Waals surface area contributed by atoms with Crippen LogP contribution in [0.1, 0.15) is 56.6 Å². The Labute approximate surface area is 182 Å². The molecule has 8 nitrogen and oxygen atoms in total. The molecule has 0 radical (unpaired) electrons. The van der Waals surface area contributed by atoms with E-state index in [2.05, 4.69) is 26.7 Å². The first-order chi connectivity index (χ1) is 15.1. The van der Waals surface area contributed by atoms with Crippen molar-refractivity contribution >= 4 is 28.5 Å². The Morgan fingerprint density at radius 3 is 2.55 bits per heavy atom. The molecule has 3 fully saturated rings. The van der Waals surface area contributed by atoms with Crippen LogP contribution < -0.4 is 15.5 Å². The fraction of sp³-hybridized carbons (Fsp3) is 0.652. The van der Waals surface area contributed by atoms with Gasteiger partial charge in [0.2, 0.25) is 11.8 Å². The van der Waals surface area contributed by atoms with E-state index in [9.17, 15) is 9.59 Å². The van der Waals surface area contributed by atoms with Gasteiger partial charge in [-0.3, -0.25) is 19.6 Å². The lowest BCUT2D eigenvalue weighted by Crippen LogP contribution is -2.39. The zero-order valence-electron chi connectivity index (χ0n) is 18.3. The molecule has 0 saturated carbocycles. The van der Waals surface area contributed by atoms with Crippen molar-refractivity contribution in [2.45, 2.75) is 50.9 Å². The first-order valence-electron chi connectivity index (χ1n) is 11.7. The van der Waals surface area contributed by atoms with Gasteiger partial charge in [0.15, 0.2) is 0 Å². The highest BCUT2D eigenvalue weighted by molar-refractivity contribution is 6.02. The summed E-state index contributed by atoms with van der Waals surface area (Å²) in [6.07, 6.45) is 9.21. The molecule has 8 heteroatoms. The van der Waals surface area contributed by atoms with Crippen molar-refractivity contribution in [2.24, 2.45) is 18.9 Å². The first-order valence-corrected chi connectivity index (χ1v) is 11.7. The molecule has 2 aromatic rings. The minimum Gasteiger partial charge on any atom is -0.357 e. The standard InChI is InChI=1S/C23H32N6O2/c1-28-19-13-20(29-10-6-16(7-11-29)12-15-4-8-24-9-5-15)25-14-18(19)22(27-28)17-2-3-21(30)26-23(17)31/h13-17,24H,2-12H2,1H3,(H,26,30,31). The molecule has 31 heavy (non-hydrogen) atoms. The first kappa shape index (κ1) is 20.4. The summed E-state index contributed by atoms with van der Waals surface area (Å²) in [5.41, 5.74) is 1.71. The normalized spacial score (nSPS) is 24.0. The highest BCUT2D eigenvalue weighted by Gasteiger charge is 2.32. The molecule has 1 unspecified atom stereocenters. The van der Waals surface area contributed by atoms with E-state index in [0.717, 1.165) is 47.3 Å². The number of hydrogen-bond acceptors (Lipinski definition) is 6. The Balaban J connectivity index is 1.28. The lowest BCUT2D eigenvalue weighted by molar-refractivity contribution is -0.134. The Morgan fingerprint density at radius 1 is 1.06 bits per heavy atom. The van der Waals surface area contributed by atoms with Crippen LogP contribution in [0.25, 0.3) is 10.9 Å². The highest BCUT2D eigenvalue weighted by atomic mass is 16.2. The molecular formula is C23H32N6O2. The quantitative estimate of drug-likeness (QED) is 0.731. The third-order valence-electron chi connectivity index (χ3n) is 7.38. The van der Waals surface area contributed by atoms with Gasteiger partial charge in [-0.1, -0.05) is 0 Å². The van der Waals surface area contributed by atoms with Crippen LogP contribution >= 0.6 is 0 Å². The number of hydrogen-bond donors (Lipinski definition) is 2. The summed E-state index contributed by atoms with van der Waals surface area (Å²) >= 11 is 0. The van der Waals surface area contributed by atoms with E-state index in [1.165, 1.54) is 45.2 Å². The molecule has 2 N–H and O–H groups in total. The lowest BCUT2D eigenvalue weighted by atomic mass is 9.83. The zero-order valence-corrected chi connectivity index (χ0v) is 18.3. The van der Waals surface area contributed by atoms with Gasteiger partial charge in [-0.2, -0.15) is 5.10 Å². The fourth-order valence-corrected chi connectivity index (χ4v) is 5.54. The van der Waals surface area contributed by atoms with E-state index in [0.29, 0.717) is 12.8 Å². The number of piperidine rings is 3. The number of aromatic nitrogens is 3. The van der Waals surface area contributed by atoms with Gasteiger partial charge in [-0.15, -0.1) is 0 Å². The van der Waals surface area contributed by atoms with Crippen LogP contribution in [0.5, 0.6) is 0 Å². The van der Waals surface area contributed by atoms with Crippen molar-refractivity contribution in [3.05, 3.63) is 18.0 Å². The van der Waals surface area contributed by atoms with Crippen LogP contribution in [0.2, 0.25) is 0 Å². The number of imide groups is 1. The molecular weight excluding hydrogens is 392 g/mol. The van der Waals surface area contributed by atoms with Crippen LogP contribution in [0.4, 0.5) is 5.82 Å². The summed E-state index contributed by atoms with van der Waals surface area (Å²) in [6, 6.07) is 2.10. The second-order valence-electron chi connectivity index (χ2n) is 9.43. The second-order valence-corrected chi connectivity index (χ2v) is 9.43. The van der Waals surface area contributed by atoms with Gasteiger partial charge in [0.25, 0.3) is 0 Å². The SMILES string of the molecule is Cn1nc(C2CCC(=O)NC2=O)c2cnc(N3CCC(CC4CCNCC4)CC3)cc21. The fourth-order valence-electron chi connectivity index (χ4n) is 5.54. The zero-order chi connectivity index (χ0) is 21.4. The number of carbonyl (C=O) groups is 2. The topological polar surface area (TPSA) is 92.1 Å². The number of fused-ring (bicyclic) bond motifs is 1. The van der Waals surface area contributed by atoms with Crippen molar-refractivity contribution in [1.82, 2.24) is 25.4 Å². The largest absolute Gasteiger partial charge is 0.357 e. The average molecular weight is 425 g/mol. The van der Waals surface area contributed by atoms with Crippen LogP contribution in [0.3, 0.4) is 0 Å². The summed E-state index contributed by atoms with van der Waals surface area (Å²) in [5, 5.41) is 11.4. The maximum absolute atomic E-state index is 12.3. The number of nitrogens with one attached hydrogen (secondary N) is 2.